The molecule has 3 nitrogen and oxygen atoms in total. The van der Waals surface area contributed by atoms with Crippen molar-refractivity contribution in [2.75, 3.05) is 0 Å². The van der Waals surface area contributed by atoms with Gasteiger partial charge in [0.05, 0.1) is 13.2 Å². The van der Waals surface area contributed by atoms with Gasteiger partial charge in [0.25, 0.3) is 5.69 Å². The Labute approximate surface area is 100 Å². The molecule has 0 saturated heterocycles. The van der Waals surface area contributed by atoms with Crippen molar-refractivity contribution in [2.45, 2.75) is 0 Å². The molecule has 14 heavy (non-hydrogen) atoms. The van der Waals surface area contributed by atoms with Crippen molar-refractivity contribution in [2.24, 2.45) is 0 Å². The molecule has 0 aliphatic carbocycles. The maximum atomic E-state index is 10.5. The summed E-state index contributed by atoms with van der Waals surface area (Å²) in [6.45, 7) is 0. The van der Waals surface area contributed by atoms with E-state index in [1.54, 1.807) is 23.5 Å². The number of rotatable bonds is 1. The molecule has 6 heteroatoms. The zero-order chi connectivity index (χ0) is 10.3. The summed E-state index contributed by atoms with van der Waals surface area (Å²) in [4.78, 5) is 10.2. The summed E-state index contributed by atoms with van der Waals surface area (Å²) in [7, 11) is 0. The molecule has 1 aromatic carbocycles. The van der Waals surface area contributed by atoms with Crippen LogP contribution in [0.3, 0.4) is 0 Å². The van der Waals surface area contributed by atoms with Crippen LogP contribution in [0.1, 0.15) is 0 Å². The van der Waals surface area contributed by atoms with Gasteiger partial charge < -0.3 is 0 Å². The number of fused-ring (bicyclic) bond motifs is 1. The highest BCUT2D eigenvalue weighted by molar-refractivity contribution is 9.13. The van der Waals surface area contributed by atoms with Crippen molar-refractivity contribution in [3.05, 3.63) is 36.6 Å². The summed E-state index contributed by atoms with van der Waals surface area (Å²) in [5.74, 6) is 0. The first-order valence-corrected chi connectivity index (χ1v) is 6.02. The fourth-order valence-electron chi connectivity index (χ4n) is 1.14. The van der Waals surface area contributed by atoms with E-state index >= 15 is 0 Å². The van der Waals surface area contributed by atoms with Crippen molar-refractivity contribution < 1.29 is 4.92 Å². The zero-order valence-electron chi connectivity index (χ0n) is 6.66. The van der Waals surface area contributed by atoms with Crippen LogP contribution in [0.15, 0.2) is 26.5 Å². The highest BCUT2D eigenvalue weighted by atomic mass is 79.9. The second kappa shape index (κ2) is 3.60. The molecule has 0 atom stereocenters. The largest absolute Gasteiger partial charge is 0.270 e. The molecular weight excluding hydrogens is 334 g/mol. The van der Waals surface area contributed by atoms with Gasteiger partial charge in [-0.05, 0) is 37.9 Å². The van der Waals surface area contributed by atoms with Crippen LogP contribution in [-0.2, 0) is 0 Å². The molecule has 1 heterocycles. The normalized spacial score (nSPS) is 10.7. The van der Waals surface area contributed by atoms with Gasteiger partial charge in [0.15, 0.2) is 0 Å². The lowest BCUT2D eigenvalue weighted by molar-refractivity contribution is -0.384. The first kappa shape index (κ1) is 10.1. The van der Waals surface area contributed by atoms with E-state index in [2.05, 4.69) is 31.9 Å². The first-order valence-electron chi connectivity index (χ1n) is 3.61. The summed E-state index contributed by atoms with van der Waals surface area (Å²) < 4.78 is 2.85. The third-order valence-electron chi connectivity index (χ3n) is 1.78. The molecule has 0 aliphatic rings. The fraction of sp³-hybridized carbons (Fsp3) is 0. The van der Waals surface area contributed by atoms with Crippen LogP contribution in [0, 0.1) is 10.1 Å². The van der Waals surface area contributed by atoms with Crippen molar-refractivity contribution in [1.29, 1.82) is 0 Å². The first-order chi connectivity index (χ1) is 6.59. The molecule has 2 rings (SSSR count). The number of benzene rings is 1. The lowest BCUT2D eigenvalue weighted by Gasteiger charge is -1.91. The molecule has 0 saturated carbocycles. The fourth-order valence-corrected chi connectivity index (χ4v) is 3.38. The second-order valence-corrected chi connectivity index (χ2v) is 5.79. The second-order valence-electron chi connectivity index (χ2n) is 2.63. The molecule has 72 valence electrons. The van der Waals surface area contributed by atoms with E-state index in [1.807, 2.05) is 0 Å². The molecule has 0 unspecified atom stereocenters. The third kappa shape index (κ3) is 1.57. The quantitative estimate of drug-likeness (QED) is 0.574. The maximum absolute atomic E-state index is 10.5. The smallest absolute Gasteiger partial charge is 0.258 e. The van der Waals surface area contributed by atoms with Gasteiger partial charge in [-0.3, -0.25) is 10.1 Å². The Kier molecular flexibility index (Phi) is 2.59. The Morgan fingerprint density at radius 2 is 2.07 bits per heavy atom. The van der Waals surface area contributed by atoms with Gasteiger partial charge in [0.1, 0.15) is 0 Å². The van der Waals surface area contributed by atoms with Gasteiger partial charge in [0.2, 0.25) is 0 Å². The number of hydrogen-bond donors (Lipinski definition) is 0. The summed E-state index contributed by atoms with van der Waals surface area (Å²) in [5, 5.41) is 11.4. The molecule has 0 fully saturated rings. The van der Waals surface area contributed by atoms with E-state index in [4.69, 9.17) is 0 Å². The van der Waals surface area contributed by atoms with Crippen LogP contribution in [0.4, 0.5) is 5.69 Å². The minimum Gasteiger partial charge on any atom is -0.258 e. The maximum Gasteiger partial charge on any atom is 0.270 e. The molecular formula is C8H3Br2NO2S. The Balaban J connectivity index is 2.76. The Bertz CT molecular complexity index is 523. The third-order valence-corrected chi connectivity index (χ3v) is 5.24. The molecule has 1 aromatic heterocycles. The summed E-state index contributed by atoms with van der Waals surface area (Å²) in [6.07, 6.45) is 0. The lowest BCUT2D eigenvalue weighted by Crippen LogP contribution is -1.85. The number of thiophene rings is 1. The highest BCUT2D eigenvalue weighted by Crippen LogP contribution is 2.40. The van der Waals surface area contributed by atoms with E-state index in [9.17, 15) is 10.1 Å². The number of halogens is 2. The molecule has 0 N–H and O–H groups in total. The number of nitro benzene ring substituents is 1. The summed E-state index contributed by atoms with van der Waals surface area (Å²) in [6, 6.07) is 4.84. The Hall–Kier alpha value is -0.460. The van der Waals surface area contributed by atoms with Crippen LogP contribution >= 0.6 is 43.2 Å². The van der Waals surface area contributed by atoms with Gasteiger partial charge >= 0.3 is 0 Å². The van der Waals surface area contributed by atoms with Crippen LogP contribution in [0.25, 0.3) is 10.1 Å². The number of nitro groups is 1. The molecule has 0 bridgehead atoms. The van der Waals surface area contributed by atoms with Crippen LogP contribution in [-0.4, -0.2) is 4.92 Å². The SMILES string of the molecule is O=[N+]([O-])c1ccc2sc(Br)c(Br)c2c1. The van der Waals surface area contributed by atoms with Gasteiger partial charge in [-0.2, -0.15) is 0 Å². The van der Waals surface area contributed by atoms with Gasteiger partial charge in [-0.15, -0.1) is 11.3 Å². The molecule has 0 aliphatic heterocycles. The topological polar surface area (TPSA) is 43.1 Å². The van der Waals surface area contributed by atoms with E-state index in [0.29, 0.717) is 0 Å². The van der Waals surface area contributed by atoms with Gasteiger partial charge in [0, 0.05) is 22.2 Å². The minimum atomic E-state index is -0.391. The molecule has 2 aromatic rings. The van der Waals surface area contributed by atoms with Crippen LogP contribution in [0.5, 0.6) is 0 Å². The van der Waals surface area contributed by atoms with E-state index < -0.39 is 4.92 Å². The lowest BCUT2D eigenvalue weighted by atomic mass is 10.2. The van der Waals surface area contributed by atoms with Crippen molar-refractivity contribution in [3.8, 4) is 0 Å². The van der Waals surface area contributed by atoms with E-state index in [-0.39, 0.29) is 5.69 Å². The van der Waals surface area contributed by atoms with Crippen molar-refractivity contribution in [3.63, 3.8) is 0 Å². The molecule has 0 radical (unpaired) electrons. The van der Waals surface area contributed by atoms with Crippen LogP contribution in [0.2, 0.25) is 0 Å². The molecule has 0 amide bonds. The van der Waals surface area contributed by atoms with E-state index in [0.717, 1.165) is 18.3 Å². The number of non-ortho nitro benzene ring substituents is 1. The van der Waals surface area contributed by atoms with E-state index in [1.165, 1.54) is 6.07 Å². The summed E-state index contributed by atoms with van der Waals surface area (Å²) >= 11 is 8.29. The average molecular weight is 337 g/mol. The van der Waals surface area contributed by atoms with Crippen molar-refractivity contribution in [1.82, 2.24) is 0 Å². The summed E-state index contributed by atoms with van der Waals surface area (Å²) in [5.41, 5.74) is 0.114. The molecule has 0 spiro atoms. The predicted molar refractivity (Wildman–Crippen MR) is 63.9 cm³/mol. The number of hydrogen-bond acceptors (Lipinski definition) is 3. The standard InChI is InChI=1S/C8H3Br2NO2S/c9-7-5-3-4(11(12)13)1-2-6(5)14-8(7)10/h1-3H. The Morgan fingerprint density at radius 3 is 2.71 bits per heavy atom. The highest BCUT2D eigenvalue weighted by Gasteiger charge is 2.12. The average Bonchev–Trinajstić information content (AvgIpc) is 2.43. The monoisotopic (exact) mass is 335 g/mol. The van der Waals surface area contributed by atoms with Gasteiger partial charge in [-0.25, -0.2) is 0 Å². The predicted octanol–water partition coefficient (Wildman–Crippen LogP) is 4.33. The van der Waals surface area contributed by atoms with Gasteiger partial charge in [-0.1, -0.05) is 0 Å². The van der Waals surface area contributed by atoms with Crippen LogP contribution < -0.4 is 0 Å². The minimum absolute atomic E-state index is 0.114. The zero-order valence-corrected chi connectivity index (χ0v) is 10.6. The Morgan fingerprint density at radius 1 is 1.36 bits per heavy atom. The number of nitrogens with zero attached hydrogens (tertiary/aromatic N) is 1. The van der Waals surface area contributed by atoms with Crippen molar-refractivity contribution >= 4 is 59.0 Å².